The van der Waals surface area contributed by atoms with Crippen molar-refractivity contribution in [1.29, 1.82) is 0 Å². The molecule has 1 aliphatic heterocycles. The van der Waals surface area contributed by atoms with Gasteiger partial charge < -0.3 is 14.4 Å². The van der Waals surface area contributed by atoms with Gasteiger partial charge in [0.25, 0.3) is 0 Å². The molecule has 1 fully saturated rings. The summed E-state index contributed by atoms with van der Waals surface area (Å²) in [7, 11) is 0. The van der Waals surface area contributed by atoms with Gasteiger partial charge in [-0.15, -0.1) is 0 Å². The number of carboxylic acids is 1. The highest BCUT2D eigenvalue weighted by molar-refractivity contribution is 5.93. The molecule has 1 saturated heterocycles. The van der Waals surface area contributed by atoms with Crippen LogP contribution in [0.25, 0.3) is 27.8 Å². The van der Waals surface area contributed by atoms with Gasteiger partial charge in [0.2, 0.25) is 0 Å². The molecule has 4 aromatic rings. The molecule has 0 amide bonds. The van der Waals surface area contributed by atoms with Crippen LogP contribution in [0.2, 0.25) is 0 Å². The molecule has 2 atom stereocenters. The number of hydrogen-bond acceptors (Lipinski definition) is 4. The Labute approximate surface area is 188 Å². The molecule has 1 aromatic carbocycles. The predicted molar refractivity (Wildman–Crippen MR) is 119 cm³/mol. The molecule has 33 heavy (non-hydrogen) atoms. The second kappa shape index (κ2) is 7.62. The standard InChI is InChI=1S/C24H24F2N4O3/c1-12(2)21-19(13-6-7-24(3,23(31)32)33-11-13)20-18(8-14-10-27-29-22(14)28-20)30(21)15-4-5-16(25)17(26)9-15/h4-5,8-10,12-13H,6-7,11H2,1-3H3,(H,31,32)(H,27,28,29)/t13?,24-/m0/s1. The maximum absolute atomic E-state index is 14.2. The van der Waals surface area contributed by atoms with Crippen molar-refractivity contribution in [3.63, 3.8) is 0 Å². The van der Waals surface area contributed by atoms with E-state index in [0.717, 1.165) is 28.2 Å². The summed E-state index contributed by atoms with van der Waals surface area (Å²) in [5.41, 5.74) is 3.20. The van der Waals surface area contributed by atoms with E-state index in [2.05, 4.69) is 10.2 Å². The molecule has 0 aliphatic carbocycles. The summed E-state index contributed by atoms with van der Waals surface area (Å²) in [5.74, 6) is -2.90. The van der Waals surface area contributed by atoms with Crippen LogP contribution in [0.1, 0.15) is 56.7 Å². The van der Waals surface area contributed by atoms with E-state index >= 15 is 0 Å². The fraction of sp³-hybridized carbons (Fsp3) is 0.375. The molecular weight excluding hydrogens is 430 g/mol. The van der Waals surface area contributed by atoms with Gasteiger partial charge >= 0.3 is 5.97 Å². The van der Waals surface area contributed by atoms with E-state index in [1.54, 1.807) is 19.2 Å². The highest BCUT2D eigenvalue weighted by Crippen LogP contribution is 2.43. The van der Waals surface area contributed by atoms with Gasteiger partial charge in [0, 0.05) is 34.3 Å². The number of halogens is 2. The number of rotatable bonds is 4. The van der Waals surface area contributed by atoms with Crippen molar-refractivity contribution in [1.82, 2.24) is 19.7 Å². The topological polar surface area (TPSA) is 93.0 Å². The summed E-state index contributed by atoms with van der Waals surface area (Å²) in [4.78, 5) is 16.5. The van der Waals surface area contributed by atoms with Gasteiger partial charge in [-0.3, -0.25) is 5.10 Å². The van der Waals surface area contributed by atoms with Crippen LogP contribution in [0.15, 0.2) is 30.5 Å². The smallest absolute Gasteiger partial charge is 0.335 e. The molecule has 172 valence electrons. The molecule has 7 nitrogen and oxygen atoms in total. The number of carboxylic acid groups (broad SMARTS) is 1. The first-order valence-corrected chi connectivity index (χ1v) is 10.9. The Bertz CT molecular complexity index is 1380. The lowest BCUT2D eigenvalue weighted by Gasteiger charge is -2.35. The predicted octanol–water partition coefficient (Wildman–Crippen LogP) is 5.04. The Morgan fingerprint density at radius 3 is 2.73 bits per heavy atom. The molecule has 5 rings (SSSR count). The van der Waals surface area contributed by atoms with E-state index in [1.165, 1.54) is 6.07 Å². The maximum Gasteiger partial charge on any atom is 0.335 e. The zero-order valence-electron chi connectivity index (χ0n) is 18.5. The third kappa shape index (κ3) is 3.38. The third-order valence-electron chi connectivity index (χ3n) is 6.56. The molecule has 0 radical (unpaired) electrons. The molecule has 2 N–H and O–H groups in total. The number of H-pyrrole nitrogens is 1. The quantitative estimate of drug-likeness (QED) is 0.451. The molecule has 0 bridgehead atoms. The first-order valence-electron chi connectivity index (χ1n) is 10.9. The van der Waals surface area contributed by atoms with Crippen LogP contribution in [0.5, 0.6) is 0 Å². The highest BCUT2D eigenvalue weighted by Gasteiger charge is 2.41. The number of hydrogen-bond donors (Lipinski definition) is 2. The molecule has 4 heterocycles. The summed E-state index contributed by atoms with van der Waals surface area (Å²) in [5, 5.41) is 17.3. The van der Waals surface area contributed by atoms with Crippen molar-refractivity contribution in [3.05, 3.63) is 53.4 Å². The lowest BCUT2D eigenvalue weighted by Crippen LogP contribution is -2.43. The highest BCUT2D eigenvalue weighted by atomic mass is 19.2. The lowest BCUT2D eigenvalue weighted by atomic mass is 9.84. The average molecular weight is 454 g/mol. The fourth-order valence-corrected chi connectivity index (χ4v) is 4.77. The molecule has 1 aliphatic rings. The SMILES string of the molecule is CC(C)c1c(C2CC[C@@](C)(C(=O)O)OC2)c2nc3[nH]ncc3cc2n1-c1ccc(F)c(F)c1. The Morgan fingerprint density at radius 1 is 1.30 bits per heavy atom. The number of benzene rings is 1. The number of carbonyl (C=O) groups is 1. The Morgan fingerprint density at radius 2 is 2.09 bits per heavy atom. The largest absolute Gasteiger partial charge is 0.479 e. The monoisotopic (exact) mass is 454 g/mol. The van der Waals surface area contributed by atoms with Crippen LogP contribution in [-0.2, 0) is 9.53 Å². The summed E-state index contributed by atoms with van der Waals surface area (Å²) < 4.78 is 35.7. The number of nitrogens with zero attached hydrogens (tertiary/aromatic N) is 3. The third-order valence-corrected chi connectivity index (χ3v) is 6.56. The van der Waals surface area contributed by atoms with Gasteiger partial charge in [0.15, 0.2) is 22.9 Å². The van der Waals surface area contributed by atoms with Crippen molar-refractivity contribution in [2.45, 2.75) is 51.0 Å². The summed E-state index contributed by atoms with van der Waals surface area (Å²) in [6.45, 7) is 5.88. The van der Waals surface area contributed by atoms with Crippen LogP contribution >= 0.6 is 0 Å². The second-order valence-corrected chi connectivity index (χ2v) is 9.13. The first kappa shape index (κ1) is 21.5. The van der Waals surface area contributed by atoms with E-state index in [-0.39, 0.29) is 18.4 Å². The maximum atomic E-state index is 14.2. The summed E-state index contributed by atoms with van der Waals surface area (Å²) in [6, 6.07) is 5.78. The number of fused-ring (bicyclic) bond motifs is 2. The molecular formula is C24H24F2N4O3. The molecule has 1 unspecified atom stereocenters. The number of nitrogens with one attached hydrogen (secondary N) is 1. The zero-order valence-corrected chi connectivity index (χ0v) is 18.5. The normalized spacial score (nSPS) is 21.3. The van der Waals surface area contributed by atoms with Gasteiger partial charge in [-0.1, -0.05) is 13.8 Å². The van der Waals surface area contributed by atoms with Crippen molar-refractivity contribution in [2.75, 3.05) is 6.61 Å². The summed E-state index contributed by atoms with van der Waals surface area (Å²) in [6.07, 6.45) is 2.62. The van der Waals surface area contributed by atoms with Gasteiger partial charge in [-0.2, -0.15) is 5.10 Å². The van der Waals surface area contributed by atoms with Crippen molar-refractivity contribution >= 4 is 28.0 Å². The second-order valence-electron chi connectivity index (χ2n) is 9.13. The minimum Gasteiger partial charge on any atom is -0.479 e. The summed E-state index contributed by atoms with van der Waals surface area (Å²) >= 11 is 0. The molecule has 0 saturated carbocycles. The van der Waals surface area contributed by atoms with E-state index in [0.29, 0.717) is 29.7 Å². The van der Waals surface area contributed by atoms with Crippen LogP contribution in [0.4, 0.5) is 8.78 Å². The lowest BCUT2D eigenvalue weighted by molar-refractivity contribution is -0.170. The average Bonchev–Trinajstić information content (AvgIpc) is 3.36. The fourth-order valence-electron chi connectivity index (χ4n) is 4.77. The van der Waals surface area contributed by atoms with E-state index < -0.39 is 23.2 Å². The Hall–Kier alpha value is -3.33. The van der Waals surface area contributed by atoms with Gasteiger partial charge in [-0.05, 0) is 43.9 Å². The molecule has 0 spiro atoms. The minimum absolute atomic E-state index is 0.0200. The Balaban J connectivity index is 1.77. The van der Waals surface area contributed by atoms with Crippen LogP contribution in [0, 0.1) is 11.6 Å². The van der Waals surface area contributed by atoms with Gasteiger partial charge in [-0.25, -0.2) is 18.6 Å². The van der Waals surface area contributed by atoms with Crippen LogP contribution in [0.3, 0.4) is 0 Å². The van der Waals surface area contributed by atoms with E-state index in [9.17, 15) is 18.7 Å². The Kier molecular flexibility index (Phi) is 4.97. The van der Waals surface area contributed by atoms with Crippen molar-refractivity contribution in [3.8, 4) is 5.69 Å². The van der Waals surface area contributed by atoms with Crippen molar-refractivity contribution < 1.29 is 23.4 Å². The van der Waals surface area contributed by atoms with Crippen molar-refractivity contribution in [2.24, 2.45) is 0 Å². The zero-order chi connectivity index (χ0) is 23.5. The number of aromatic amines is 1. The van der Waals surface area contributed by atoms with Crippen LogP contribution in [-0.4, -0.2) is 43.0 Å². The number of aliphatic carboxylic acids is 1. The minimum atomic E-state index is -1.23. The molecule has 3 aromatic heterocycles. The number of pyridine rings is 1. The van der Waals surface area contributed by atoms with E-state index in [4.69, 9.17) is 9.72 Å². The number of aromatic nitrogens is 4. The van der Waals surface area contributed by atoms with Gasteiger partial charge in [0.05, 0.1) is 23.8 Å². The molecule has 9 heteroatoms. The van der Waals surface area contributed by atoms with E-state index in [1.807, 2.05) is 24.5 Å². The number of ether oxygens (including phenoxy) is 1. The first-order chi connectivity index (χ1) is 15.7. The van der Waals surface area contributed by atoms with Gasteiger partial charge in [0.1, 0.15) is 0 Å². The van der Waals surface area contributed by atoms with Crippen LogP contribution < -0.4 is 0 Å².